The number of rotatable bonds is 2. The number of hydrogen-bond acceptors (Lipinski definition) is 2. The van der Waals surface area contributed by atoms with Crippen molar-refractivity contribution in [1.29, 1.82) is 0 Å². The maximum atomic E-state index is 13.7. The van der Waals surface area contributed by atoms with Gasteiger partial charge in [-0.2, -0.15) is 13.2 Å². The minimum absolute atomic E-state index is 0.0544. The molecule has 6 heteroatoms. The van der Waals surface area contributed by atoms with Gasteiger partial charge >= 0.3 is 12.1 Å². The van der Waals surface area contributed by atoms with Crippen LogP contribution in [0.2, 0.25) is 0 Å². The number of carboxylic acid groups (broad SMARTS) is 1. The summed E-state index contributed by atoms with van der Waals surface area (Å²) in [6.07, 6.45) is -1.29. The van der Waals surface area contributed by atoms with Gasteiger partial charge in [0.15, 0.2) is 0 Å². The molecule has 2 bridgehead atoms. The number of nitrogens with one attached hydrogen (secondary N) is 1. The first-order chi connectivity index (χ1) is 13.3. The van der Waals surface area contributed by atoms with Crippen LogP contribution in [0.3, 0.4) is 0 Å². The standard InChI is InChI=1S/C22H20F3NO2/c23-22(24,25)16-4-2-1-3-14(16)20-19-12-6-5-11(9-12)18(19)15-10-13(21(27)28)7-8-17(15)26-20/h1-4,7-8,10-12,18-20,26H,5-6,9H2,(H,27,28)/t11-,12-,18-,19+,20+/m0/s1. The molecule has 2 fully saturated rings. The van der Waals surface area contributed by atoms with E-state index in [0.29, 0.717) is 17.4 Å². The van der Waals surface area contributed by atoms with Gasteiger partial charge in [0.25, 0.3) is 0 Å². The van der Waals surface area contributed by atoms with E-state index in [9.17, 15) is 23.1 Å². The number of alkyl halides is 3. The SMILES string of the molecule is O=C(O)c1ccc2c(c1)[C@@H]1[C@H]3CC[C@@H](C3)[C@H]1[C@@H](c1ccccc1C(F)(F)F)N2. The fraction of sp³-hybridized carbons (Fsp3) is 0.409. The van der Waals surface area contributed by atoms with E-state index in [2.05, 4.69) is 5.32 Å². The maximum Gasteiger partial charge on any atom is 0.416 e. The summed E-state index contributed by atoms with van der Waals surface area (Å²) in [7, 11) is 0. The molecule has 1 aliphatic heterocycles. The second-order valence-corrected chi connectivity index (χ2v) is 8.25. The molecular weight excluding hydrogens is 367 g/mol. The number of aromatic carboxylic acids is 1. The average Bonchev–Trinajstić information content (AvgIpc) is 3.28. The lowest BCUT2D eigenvalue weighted by molar-refractivity contribution is -0.138. The number of halogens is 3. The van der Waals surface area contributed by atoms with Crippen LogP contribution in [0.4, 0.5) is 18.9 Å². The Bertz CT molecular complexity index is 955. The summed E-state index contributed by atoms with van der Waals surface area (Å²) in [6.45, 7) is 0. The summed E-state index contributed by atoms with van der Waals surface area (Å²) < 4.78 is 41.0. The molecule has 2 aromatic rings. The van der Waals surface area contributed by atoms with Crippen LogP contribution in [-0.2, 0) is 6.18 Å². The monoisotopic (exact) mass is 387 g/mol. The molecule has 0 spiro atoms. The highest BCUT2D eigenvalue weighted by Gasteiger charge is 2.54. The summed E-state index contributed by atoms with van der Waals surface area (Å²) in [5, 5.41) is 12.7. The Labute approximate surface area is 160 Å². The number of carbonyl (C=O) groups is 1. The van der Waals surface area contributed by atoms with E-state index in [0.717, 1.165) is 36.6 Å². The van der Waals surface area contributed by atoms with Crippen LogP contribution < -0.4 is 5.32 Å². The summed E-state index contributed by atoms with van der Waals surface area (Å²) in [5.41, 5.74) is 1.67. The summed E-state index contributed by atoms with van der Waals surface area (Å²) in [5.74, 6) is -0.0256. The molecule has 1 heterocycles. The molecule has 5 atom stereocenters. The predicted molar refractivity (Wildman–Crippen MR) is 98.3 cm³/mol. The summed E-state index contributed by atoms with van der Waals surface area (Å²) in [4.78, 5) is 11.4. The number of anilines is 1. The molecule has 0 radical (unpaired) electrons. The van der Waals surface area contributed by atoms with Crippen molar-refractivity contribution in [2.45, 2.75) is 37.4 Å². The highest BCUT2D eigenvalue weighted by Crippen LogP contribution is 2.64. The normalized spacial score (nSPS) is 30.5. The van der Waals surface area contributed by atoms with Crippen LogP contribution in [0, 0.1) is 17.8 Å². The average molecular weight is 387 g/mol. The molecule has 2 aromatic carbocycles. The smallest absolute Gasteiger partial charge is 0.416 e. The molecule has 0 saturated heterocycles. The molecule has 3 aliphatic rings. The lowest BCUT2D eigenvalue weighted by Gasteiger charge is -2.44. The van der Waals surface area contributed by atoms with E-state index in [1.807, 2.05) is 0 Å². The van der Waals surface area contributed by atoms with Gasteiger partial charge in [0.2, 0.25) is 0 Å². The van der Waals surface area contributed by atoms with Crippen molar-refractivity contribution in [2.75, 3.05) is 5.32 Å². The van der Waals surface area contributed by atoms with E-state index in [1.54, 1.807) is 24.3 Å². The first-order valence-corrected chi connectivity index (χ1v) is 9.64. The Balaban J connectivity index is 1.65. The van der Waals surface area contributed by atoms with Gasteiger partial charge in [-0.15, -0.1) is 0 Å². The summed E-state index contributed by atoms with van der Waals surface area (Å²) in [6, 6.07) is 10.4. The molecule has 2 aliphatic carbocycles. The van der Waals surface area contributed by atoms with E-state index in [4.69, 9.17) is 0 Å². The van der Waals surface area contributed by atoms with Gasteiger partial charge in [-0.3, -0.25) is 0 Å². The predicted octanol–water partition coefficient (Wildman–Crippen LogP) is 5.70. The zero-order valence-electron chi connectivity index (χ0n) is 15.0. The lowest BCUT2D eigenvalue weighted by atomic mass is 9.67. The number of hydrogen-bond donors (Lipinski definition) is 2. The molecule has 146 valence electrons. The van der Waals surface area contributed by atoms with Crippen molar-refractivity contribution in [3.05, 3.63) is 64.7 Å². The first kappa shape index (κ1) is 17.6. The first-order valence-electron chi connectivity index (χ1n) is 9.64. The molecule has 0 amide bonds. The van der Waals surface area contributed by atoms with Crippen LogP contribution >= 0.6 is 0 Å². The van der Waals surface area contributed by atoms with E-state index in [1.165, 1.54) is 12.1 Å². The van der Waals surface area contributed by atoms with Gasteiger partial charge in [-0.05, 0) is 78.3 Å². The van der Waals surface area contributed by atoms with Crippen molar-refractivity contribution < 1.29 is 23.1 Å². The highest BCUT2D eigenvalue weighted by atomic mass is 19.4. The van der Waals surface area contributed by atoms with Gasteiger partial charge in [0, 0.05) is 5.69 Å². The molecule has 0 unspecified atom stereocenters. The molecule has 0 aromatic heterocycles. The zero-order valence-corrected chi connectivity index (χ0v) is 15.0. The molecule has 28 heavy (non-hydrogen) atoms. The second kappa shape index (κ2) is 6.00. The number of fused-ring (bicyclic) bond motifs is 7. The zero-order chi connectivity index (χ0) is 19.6. The van der Waals surface area contributed by atoms with Crippen molar-refractivity contribution in [2.24, 2.45) is 17.8 Å². The van der Waals surface area contributed by atoms with Gasteiger partial charge < -0.3 is 10.4 Å². The van der Waals surface area contributed by atoms with Gasteiger partial charge in [0.05, 0.1) is 17.2 Å². The van der Waals surface area contributed by atoms with E-state index >= 15 is 0 Å². The fourth-order valence-corrected chi connectivity index (χ4v) is 5.95. The highest BCUT2D eigenvalue weighted by molar-refractivity contribution is 5.88. The van der Waals surface area contributed by atoms with Crippen molar-refractivity contribution >= 4 is 11.7 Å². The van der Waals surface area contributed by atoms with Gasteiger partial charge in [0.1, 0.15) is 0 Å². The largest absolute Gasteiger partial charge is 0.478 e. The minimum atomic E-state index is -4.40. The topological polar surface area (TPSA) is 49.3 Å². The number of benzene rings is 2. The van der Waals surface area contributed by atoms with Gasteiger partial charge in [-0.1, -0.05) is 18.2 Å². The Morgan fingerprint density at radius 2 is 1.79 bits per heavy atom. The van der Waals surface area contributed by atoms with Gasteiger partial charge in [-0.25, -0.2) is 4.79 Å². The van der Waals surface area contributed by atoms with Crippen molar-refractivity contribution in [3.8, 4) is 0 Å². The van der Waals surface area contributed by atoms with E-state index < -0.39 is 23.8 Å². The summed E-state index contributed by atoms with van der Waals surface area (Å²) >= 11 is 0. The molecule has 2 saturated carbocycles. The third-order valence-electron chi connectivity index (χ3n) is 6.94. The van der Waals surface area contributed by atoms with Crippen LogP contribution in [0.5, 0.6) is 0 Å². The van der Waals surface area contributed by atoms with Crippen molar-refractivity contribution in [1.82, 2.24) is 0 Å². The Kier molecular flexibility index (Phi) is 3.77. The second-order valence-electron chi connectivity index (χ2n) is 8.25. The Morgan fingerprint density at radius 1 is 1.04 bits per heavy atom. The van der Waals surface area contributed by atoms with Crippen molar-refractivity contribution in [3.63, 3.8) is 0 Å². The third kappa shape index (κ3) is 2.54. The van der Waals surface area contributed by atoms with Crippen LogP contribution in [0.1, 0.15) is 58.3 Å². The molecule has 5 rings (SSSR count). The lowest BCUT2D eigenvalue weighted by Crippen LogP contribution is -2.36. The molecule has 2 N–H and O–H groups in total. The minimum Gasteiger partial charge on any atom is -0.478 e. The third-order valence-corrected chi connectivity index (χ3v) is 6.94. The Hall–Kier alpha value is -2.50. The Morgan fingerprint density at radius 3 is 2.54 bits per heavy atom. The molecular formula is C22H20F3NO2. The number of carboxylic acids is 1. The fourth-order valence-electron chi connectivity index (χ4n) is 5.95. The van der Waals surface area contributed by atoms with E-state index in [-0.39, 0.29) is 17.4 Å². The quantitative estimate of drug-likeness (QED) is 0.695. The molecule has 3 nitrogen and oxygen atoms in total. The maximum absolute atomic E-state index is 13.7. The van der Waals surface area contributed by atoms with Crippen LogP contribution in [-0.4, -0.2) is 11.1 Å². The van der Waals surface area contributed by atoms with Crippen LogP contribution in [0.25, 0.3) is 0 Å². The van der Waals surface area contributed by atoms with Crippen LogP contribution in [0.15, 0.2) is 42.5 Å².